The number of hydrogen-bond acceptors (Lipinski definition) is 5. The van der Waals surface area contributed by atoms with Gasteiger partial charge in [-0.05, 0) is 52.2 Å². The summed E-state index contributed by atoms with van der Waals surface area (Å²) in [5.74, 6) is -2.22. The Morgan fingerprint density at radius 1 is 0.800 bits per heavy atom. The lowest BCUT2D eigenvalue weighted by molar-refractivity contribution is -0.123. The molecular formula is C29H20N2O4. The second-order valence-electron chi connectivity index (χ2n) is 9.22. The molecule has 7 rings (SSSR count). The van der Waals surface area contributed by atoms with Crippen molar-refractivity contribution in [1.82, 2.24) is 4.90 Å². The van der Waals surface area contributed by atoms with Crippen LogP contribution in [-0.4, -0.2) is 28.5 Å². The van der Waals surface area contributed by atoms with E-state index in [4.69, 9.17) is 4.42 Å². The summed E-state index contributed by atoms with van der Waals surface area (Å²) in [6, 6.07) is 23.3. The highest BCUT2D eigenvalue weighted by Gasteiger charge is 2.64. The molecule has 4 aromatic rings. The number of imide groups is 1. The molecule has 1 aromatic heterocycles. The van der Waals surface area contributed by atoms with Gasteiger partial charge in [-0.25, -0.2) is 4.90 Å². The van der Waals surface area contributed by atoms with Gasteiger partial charge in [0.1, 0.15) is 6.04 Å². The van der Waals surface area contributed by atoms with Gasteiger partial charge in [-0.15, -0.1) is 0 Å². The maximum atomic E-state index is 14.0. The predicted molar refractivity (Wildman–Crippen MR) is 130 cm³/mol. The van der Waals surface area contributed by atoms with Crippen LogP contribution in [0, 0.1) is 11.8 Å². The summed E-state index contributed by atoms with van der Waals surface area (Å²) in [6.07, 6.45) is 5.23. The van der Waals surface area contributed by atoms with Crippen LogP contribution in [0.1, 0.15) is 27.7 Å². The molecule has 3 aliphatic rings. The summed E-state index contributed by atoms with van der Waals surface area (Å²) >= 11 is 0. The van der Waals surface area contributed by atoms with Crippen LogP contribution in [0.4, 0.5) is 5.69 Å². The molecule has 0 saturated carbocycles. The lowest BCUT2D eigenvalue weighted by Crippen LogP contribution is -2.44. The van der Waals surface area contributed by atoms with E-state index in [2.05, 4.69) is 0 Å². The lowest BCUT2D eigenvalue weighted by Gasteiger charge is -2.35. The van der Waals surface area contributed by atoms with Crippen molar-refractivity contribution in [3.8, 4) is 0 Å². The normalized spacial score (nSPS) is 24.6. The van der Waals surface area contributed by atoms with E-state index in [1.807, 2.05) is 77.8 Å². The fourth-order valence-corrected chi connectivity index (χ4v) is 5.99. The molecule has 2 amide bonds. The molecule has 3 aromatic carbocycles. The molecule has 0 aliphatic carbocycles. The van der Waals surface area contributed by atoms with Crippen molar-refractivity contribution < 1.29 is 18.8 Å². The summed E-state index contributed by atoms with van der Waals surface area (Å²) in [5.41, 5.74) is 2.47. The number of hydrogen-bond donors (Lipinski definition) is 0. The highest BCUT2D eigenvalue weighted by atomic mass is 16.3. The number of fused-ring (bicyclic) bond motifs is 6. The van der Waals surface area contributed by atoms with Crippen molar-refractivity contribution in [2.45, 2.75) is 12.1 Å². The average Bonchev–Trinajstić information content (AvgIpc) is 3.60. The first-order valence-electron chi connectivity index (χ1n) is 11.6. The summed E-state index contributed by atoms with van der Waals surface area (Å²) in [6.45, 7) is 0. The second-order valence-corrected chi connectivity index (χ2v) is 9.22. The van der Waals surface area contributed by atoms with E-state index in [1.54, 1.807) is 18.2 Å². The molecule has 3 aliphatic heterocycles. The van der Waals surface area contributed by atoms with Gasteiger partial charge in [0.25, 0.3) is 0 Å². The van der Waals surface area contributed by atoms with E-state index in [0.717, 1.165) is 21.9 Å². The predicted octanol–water partition coefficient (Wildman–Crippen LogP) is 4.83. The Balaban J connectivity index is 1.38. The van der Waals surface area contributed by atoms with Gasteiger partial charge < -0.3 is 9.32 Å². The topological polar surface area (TPSA) is 70.8 Å². The van der Waals surface area contributed by atoms with Gasteiger partial charge in [0, 0.05) is 6.20 Å². The highest BCUT2D eigenvalue weighted by molar-refractivity contribution is 6.25. The van der Waals surface area contributed by atoms with Gasteiger partial charge in [-0.2, -0.15) is 0 Å². The lowest BCUT2D eigenvalue weighted by atomic mass is 9.84. The van der Waals surface area contributed by atoms with Crippen LogP contribution in [0.25, 0.3) is 16.8 Å². The molecule has 0 bridgehead atoms. The summed E-state index contributed by atoms with van der Waals surface area (Å²) < 4.78 is 5.42. The third-order valence-electron chi connectivity index (χ3n) is 7.49. The maximum Gasteiger partial charge on any atom is 0.240 e. The van der Waals surface area contributed by atoms with Crippen LogP contribution >= 0.6 is 0 Å². The zero-order valence-corrected chi connectivity index (χ0v) is 18.6. The Kier molecular flexibility index (Phi) is 4.15. The maximum absolute atomic E-state index is 14.0. The van der Waals surface area contributed by atoms with Crippen LogP contribution < -0.4 is 4.90 Å². The first-order chi connectivity index (χ1) is 17.1. The molecule has 170 valence electrons. The number of benzene rings is 3. The quantitative estimate of drug-likeness (QED) is 0.324. The minimum atomic E-state index is -0.831. The standard InChI is InChI=1S/C29H20N2O4/c32-27(22-10-5-15-35-22)26-24-23(25-21-9-4-3-7-18(21)13-14-30(25)26)28(33)31(29(24)34)20-12-11-17-6-1-2-8-19(17)16-20/h1-16,23-26H/t23-,24+,25+,26-/m0/s1. The second kappa shape index (κ2) is 7.27. The fraction of sp³-hybridized carbons (Fsp3) is 0.138. The number of anilines is 1. The number of nitrogens with zero attached hydrogens (tertiary/aromatic N) is 2. The SMILES string of the molecule is O=C(c1ccco1)[C@@H]1[C@@H]2C(=O)N(c3ccc4ccccc4c3)C(=O)[C@@H]2[C@H]2c3ccccc3C=CN12. The monoisotopic (exact) mass is 460 g/mol. The number of ketones is 1. The van der Waals surface area contributed by atoms with Crippen molar-refractivity contribution in [2.75, 3.05) is 4.90 Å². The molecular weight excluding hydrogens is 440 g/mol. The molecule has 2 saturated heterocycles. The van der Waals surface area contributed by atoms with Gasteiger partial charge in [0.15, 0.2) is 5.76 Å². The van der Waals surface area contributed by atoms with Crippen molar-refractivity contribution in [3.05, 3.63) is 108 Å². The van der Waals surface area contributed by atoms with Crippen molar-refractivity contribution in [3.63, 3.8) is 0 Å². The molecule has 0 spiro atoms. The average molecular weight is 460 g/mol. The zero-order valence-electron chi connectivity index (χ0n) is 18.6. The molecule has 0 radical (unpaired) electrons. The molecule has 4 heterocycles. The van der Waals surface area contributed by atoms with Gasteiger partial charge in [0.05, 0.1) is 29.8 Å². The van der Waals surface area contributed by atoms with E-state index >= 15 is 0 Å². The number of carbonyl (C=O) groups excluding carboxylic acids is 3. The Morgan fingerprint density at radius 2 is 1.57 bits per heavy atom. The number of Topliss-reactive ketones (excluding diaryl/α,β-unsaturated/α-hetero) is 1. The first kappa shape index (κ1) is 20.0. The Morgan fingerprint density at radius 3 is 2.40 bits per heavy atom. The first-order valence-corrected chi connectivity index (χ1v) is 11.6. The Bertz CT molecular complexity index is 1550. The molecule has 4 atom stereocenters. The minimum Gasteiger partial charge on any atom is -0.461 e. The summed E-state index contributed by atoms with van der Waals surface area (Å²) in [4.78, 5) is 44.7. The van der Waals surface area contributed by atoms with Crippen LogP contribution in [-0.2, 0) is 9.59 Å². The smallest absolute Gasteiger partial charge is 0.240 e. The van der Waals surface area contributed by atoms with E-state index < -0.39 is 23.9 Å². The van der Waals surface area contributed by atoms with Crippen LogP contribution in [0.5, 0.6) is 0 Å². The van der Waals surface area contributed by atoms with Gasteiger partial charge >= 0.3 is 0 Å². The highest BCUT2D eigenvalue weighted by Crippen LogP contribution is 2.53. The summed E-state index contributed by atoms with van der Waals surface area (Å²) in [5, 5.41) is 1.97. The van der Waals surface area contributed by atoms with Gasteiger partial charge in [-0.3, -0.25) is 14.4 Å². The van der Waals surface area contributed by atoms with Crippen molar-refractivity contribution in [2.24, 2.45) is 11.8 Å². The van der Waals surface area contributed by atoms with E-state index in [1.165, 1.54) is 11.2 Å². The van der Waals surface area contributed by atoms with E-state index in [9.17, 15) is 14.4 Å². The Hall–Kier alpha value is -4.45. The van der Waals surface area contributed by atoms with Crippen LogP contribution in [0.2, 0.25) is 0 Å². The van der Waals surface area contributed by atoms with Crippen LogP contribution in [0.15, 0.2) is 95.7 Å². The van der Waals surface area contributed by atoms with Crippen molar-refractivity contribution >= 4 is 40.1 Å². The molecule has 0 unspecified atom stereocenters. The minimum absolute atomic E-state index is 0.186. The molecule has 35 heavy (non-hydrogen) atoms. The van der Waals surface area contributed by atoms with Gasteiger partial charge in [-0.1, -0.05) is 54.6 Å². The third-order valence-corrected chi connectivity index (χ3v) is 7.49. The zero-order chi connectivity index (χ0) is 23.7. The molecule has 2 fully saturated rings. The number of furan rings is 1. The largest absolute Gasteiger partial charge is 0.461 e. The third kappa shape index (κ3) is 2.74. The number of rotatable bonds is 3. The van der Waals surface area contributed by atoms with Crippen molar-refractivity contribution in [1.29, 1.82) is 0 Å². The Labute approximate surface area is 201 Å². The van der Waals surface area contributed by atoms with E-state index in [0.29, 0.717) is 5.69 Å². The molecule has 6 nitrogen and oxygen atoms in total. The molecule has 6 heteroatoms. The number of amides is 2. The fourth-order valence-electron chi connectivity index (χ4n) is 5.99. The van der Waals surface area contributed by atoms with Crippen LogP contribution in [0.3, 0.4) is 0 Å². The van der Waals surface area contributed by atoms with E-state index in [-0.39, 0.29) is 23.4 Å². The van der Waals surface area contributed by atoms with Gasteiger partial charge in [0.2, 0.25) is 17.6 Å². The number of carbonyl (C=O) groups is 3. The molecule has 0 N–H and O–H groups in total. The summed E-state index contributed by atoms with van der Waals surface area (Å²) in [7, 11) is 0.